The highest BCUT2D eigenvalue weighted by molar-refractivity contribution is 5.17. The Bertz CT molecular complexity index is 473. The number of nitrogens with zero attached hydrogens (tertiary/aromatic N) is 2. The largest absolute Gasteiger partial charge is 0.393 e. The predicted octanol–water partition coefficient (Wildman–Crippen LogP) is 3.02. The van der Waals surface area contributed by atoms with Crippen molar-refractivity contribution >= 4 is 0 Å². The van der Waals surface area contributed by atoms with E-state index in [-0.39, 0.29) is 11.3 Å². The molecule has 4 nitrogen and oxygen atoms in total. The molecule has 0 aliphatic heterocycles. The predicted molar refractivity (Wildman–Crippen MR) is 74.2 cm³/mol. The Hall–Kier alpha value is -0.900. The molecular weight excluding hydrogens is 252 g/mol. The van der Waals surface area contributed by atoms with E-state index in [1.807, 2.05) is 6.92 Å². The van der Waals surface area contributed by atoms with Gasteiger partial charge in [0.15, 0.2) is 5.82 Å². The number of aliphatic hydroxyl groups is 1. The van der Waals surface area contributed by atoms with Gasteiger partial charge in [-0.1, -0.05) is 12.1 Å². The fourth-order valence-corrected chi connectivity index (χ4v) is 5.23. The van der Waals surface area contributed by atoms with Gasteiger partial charge in [0.2, 0.25) is 5.89 Å². The smallest absolute Gasteiger partial charge is 0.232 e. The second kappa shape index (κ2) is 4.30. The summed E-state index contributed by atoms with van der Waals surface area (Å²) in [6.07, 6.45) is 7.58. The molecule has 4 aliphatic carbocycles. The normalized spacial score (nSPS) is 41.9. The van der Waals surface area contributed by atoms with Gasteiger partial charge in [0.05, 0.1) is 12.0 Å². The molecule has 5 rings (SSSR count). The van der Waals surface area contributed by atoms with Crippen LogP contribution in [-0.4, -0.2) is 21.4 Å². The lowest BCUT2D eigenvalue weighted by atomic mass is 9.49. The summed E-state index contributed by atoms with van der Waals surface area (Å²) >= 11 is 0. The Morgan fingerprint density at radius 3 is 2.15 bits per heavy atom. The van der Waals surface area contributed by atoms with Crippen LogP contribution in [0, 0.1) is 17.8 Å². The van der Waals surface area contributed by atoms with Gasteiger partial charge < -0.3 is 9.63 Å². The van der Waals surface area contributed by atoms with Crippen molar-refractivity contribution in [3.63, 3.8) is 0 Å². The van der Waals surface area contributed by atoms with Gasteiger partial charge in [-0.05, 0) is 63.2 Å². The van der Waals surface area contributed by atoms with E-state index in [2.05, 4.69) is 10.1 Å². The van der Waals surface area contributed by atoms with Crippen molar-refractivity contribution in [1.29, 1.82) is 0 Å². The van der Waals surface area contributed by atoms with Crippen LogP contribution in [-0.2, 0) is 5.41 Å². The molecule has 110 valence electrons. The maximum Gasteiger partial charge on any atom is 0.232 e. The molecule has 0 spiro atoms. The number of hydrogen-bond donors (Lipinski definition) is 1. The van der Waals surface area contributed by atoms with Gasteiger partial charge in [-0.15, -0.1) is 0 Å². The van der Waals surface area contributed by atoms with Crippen LogP contribution < -0.4 is 0 Å². The molecule has 0 aromatic carbocycles. The molecule has 2 unspecified atom stereocenters. The minimum Gasteiger partial charge on any atom is -0.393 e. The summed E-state index contributed by atoms with van der Waals surface area (Å²) in [6, 6.07) is 0. The Morgan fingerprint density at radius 1 is 1.10 bits per heavy atom. The highest BCUT2D eigenvalue weighted by atomic mass is 16.5. The highest BCUT2D eigenvalue weighted by Gasteiger charge is 2.53. The van der Waals surface area contributed by atoms with Crippen molar-refractivity contribution in [3.05, 3.63) is 11.7 Å². The molecular formula is C16H24N2O2. The standard InChI is InChI=1S/C16H24N2O2/c1-9(10(2)19)14-17-15(18-20-14)16-6-11-3-12(7-16)5-13(4-11)8-16/h9-13,19H,3-8H2,1-2H3. The van der Waals surface area contributed by atoms with E-state index in [1.165, 1.54) is 38.5 Å². The van der Waals surface area contributed by atoms with Crippen LogP contribution in [0.25, 0.3) is 0 Å². The first kappa shape index (κ1) is 12.8. The quantitative estimate of drug-likeness (QED) is 0.922. The third-order valence-corrected chi connectivity index (χ3v) is 6.07. The van der Waals surface area contributed by atoms with Crippen LogP contribution in [0.5, 0.6) is 0 Å². The second-order valence-electron chi connectivity index (χ2n) is 7.68. The van der Waals surface area contributed by atoms with Crippen molar-refractivity contribution in [2.24, 2.45) is 17.8 Å². The molecule has 1 aromatic heterocycles. The summed E-state index contributed by atoms with van der Waals surface area (Å²) in [5, 5.41) is 14.0. The van der Waals surface area contributed by atoms with Gasteiger partial charge in [-0.3, -0.25) is 0 Å². The van der Waals surface area contributed by atoms with E-state index in [4.69, 9.17) is 4.52 Å². The third kappa shape index (κ3) is 1.84. The summed E-state index contributed by atoms with van der Waals surface area (Å²) in [7, 11) is 0. The minimum atomic E-state index is -0.445. The van der Waals surface area contributed by atoms with Crippen molar-refractivity contribution in [2.45, 2.75) is 69.8 Å². The van der Waals surface area contributed by atoms with Gasteiger partial charge in [0.25, 0.3) is 0 Å². The first-order chi connectivity index (χ1) is 9.56. The SMILES string of the molecule is CC(O)C(C)c1nc(C23CC4CC(CC(C4)C2)C3)no1. The van der Waals surface area contributed by atoms with Crippen molar-refractivity contribution in [1.82, 2.24) is 10.1 Å². The summed E-state index contributed by atoms with van der Waals surface area (Å²) in [4.78, 5) is 4.68. The molecule has 0 radical (unpaired) electrons. The molecule has 1 heterocycles. The zero-order chi connectivity index (χ0) is 13.9. The zero-order valence-electron chi connectivity index (χ0n) is 12.4. The Labute approximate surface area is 120 Å². The monoisotopic (exact) mass is 276 g/mol. The van der Waals surface area contributed by atoms with E-state index in [1.54, 1.807) is 6.92 Å². The number of aliphatic hydroxyl groups excluding tert-OH is 1. The van der Waals surface area contributed by atoms with E-state index in [9.17, 15) is 5.11 Å². The van der Waals surface area contributed by atoms with Crippen LogP contribution in [0.1, 0.15) is 70.0 Å². The minimum absolute atomic E-state index is 0.0786. The molecule has 4 aliphatic rings. The summed E-state index contributed by atoms with van der Waals surface area (Å²) < 4.78 is 5.46. The molecule has 4 bridgehead atoms. The highest BCUT2D eigenvalue weighted by Crippen LogP contribution is 2.60. The lowest BCUT2D eigenvalue weighted by molar-refractivity contribution is -0.0103. The van der Waals surface area contributed by atoms with Crippen LogP contribution in [0.15, 0.2) is 4.52 Å². The van der Waals surface area contributed by atoms with Gasteiger partial charge in [-0.2, -0.15) is 4.98 Å². The topological polar surface area (TPSA) is 59.2 Å². The molecule has 1 N–H and O–H groups in total. The molecule has 4 heteroatoms. The molecule has 20 heavy (non-hydrogen) atoms. The van der Waals surface area contributed by atoms with E-state index < -0.39 is 6.10 Å². The van der Waals surface area contributed by atoms with Crippen LogP contribution >= 0.6 is 0 Å². The average Bonchev–Trinajstić information content (AvgIpc) is 2.86. The van der Waals surface area contributed by atoms with Crippen molar-refractivity contribution in [2.75, 3.05) is 0 Å². The second-order valence-corrected chi connectivity index (χ2v) is 7.68. The van der Waals surface area contributed by atoms with E-state index in [0.717, 1.165) is 23.6 Å². The fourth-order valence-electron chi connectivity index (χ4n) is 5.23. The zero-order valence-corrected chi connectivity index (χ0v) is 12.4. The van der Waals surface area contributed by atoms with Crippen molar-refractivity contribution < 1.29 is 9.63 Å². The maximum absolute atomic E-state index is 9.69. The Kier molecular flexibility index (Phi) is 2.75. The molecule has 0 saturated heterocycles. The lowest BCUT2D eigenvalue weighted by Gasteiger charge is -2.55. The number of hydrogen-bond acceptors (Lipinski definition) is 4. The first-order valence-corrected chi connectivity index (χ1v) is 8.08. The van der Waals surface area contributed by atoms with Gasteiger partial charge in [0, 0.05) is 5.41 Å². The summed E-state index contributed by atoms with van der Waals surface area (Å²) in [5.74, 6) is 4.11. The van der Waals surface area contributed by atoms with Gasteiger partial charge >= 0.3 is 0 Å². The fraction of sp³-hybridized carbons (Fsp3) is 0.875. The van der Waals surface area contributed by atoms with Crippen LogP contribution in [0.2, 0.25) is 0 Å². The number of rotatable bonds is 3. The van der Waals surface area contributed by atoms with Gasteiger partial charge in [0.1, 0.15) is 0 Å². The Balaban J connectivity index is 1.64. The first-order valence-electron chi connectivity index (χ1n) is 8.08. The molecule has 4 saturated carbocycles. The molecule has 4 fully saturated rings. The van der Waals surface area contributed by atoms with Crippen LogP contribution in [0.3, 0.4) is 0 Å². The van der Waals surface area contributed by atoms with Gasteiger partial charge in [-0.25, -0.2) is 0 Å². The lowest BCUT2D eigenvalue weighted by Crippen LogP contribution is -2.49. The van der Waals surface area contributed by atoms with Crippen molar-refractivity contribution in [3.8, 4) is 0 Å². The van der Waals surface area contributed by atoms with E-state index >= 15 is 0 Å². The Morgan fingerprint density at radius 2 is 1.65 bits per heavy atom. The molecule has 1 aromatic rings. The third-order valence-electron chi connectivity index (χ3n) is 6.07. The van der Waals surface area contributed by atoms with Crippen LogP contribution in [0.4, 0.5) is 0 Å². The summed E-state index contributed by atoms with van der Waals surface area (Å²) in [5.41, 5.74) is 0.189. The molecule has 2 atom stereocenters. The average molecular weight is 276 g/mol. The number of aromatic nitrogens is 2. The maximum atomic E-state index is 9.69. The van der Waals surface area contributed by atoms with E-state index in [0.29, 0.717) is 5.89 Å². The summed E-state index contributed by atoms with van der Waals surface area (Å²) in [6.45, 7) is 3.72. The molecule has 0 amide bonds.